The van der Waals surface area contributed by atoms with Gasteiger partial charge in [-0.25, -0.2) is 8.42 Å². The highest BCUT2D eigenvalue weighted by atomic mass is 32.2. The van der Waals surface area contributed by atoms with Crippen LogP contribution in [0.3, 0.4) is 0 Å². The van der Waals surface area contributed by atoms with Crippen LogP contribution in [0.4, 0.5) is 0 Å². The molecule has 1 aromatic carbocycles. The largest absolute Gasteiger partial charge is 0.309 e. The summed E-state index contributed by atoms with van der Waals surface area (Å²) in [6.07, 6.45) is 5.71. The zero-order valence-electron chi connectivity index (χ0n) is 12.2. The van der Waals surface area contributed by atoms with Crippen molar-refractivity contribution in [2.45, 2.75) is 56.1 Å². The predicted molar refractivity (Wildman–Crippen MR) is 81.2 cm³/mol. The predicted octanol–water partition coefficient (Wildman–Crippen LogP) is 2.24. The van der Waals surface area contributed by atoms with Gasteiger partial charge in [-0.3, -0.25) is 0 Å². The molecule has 1 saturated heterocycles. The van der Waals surface area contributed by atoms with E-state index in [0.29, 0.717) is 17.4 Å². The Hall–Kier alpha value is -0.910. The van der Waals surface area contributed by atoms with Crippen LogP contribution in [0.25, 0.3) is 0 Å². The fourth-order valence-electron chi connectivity index (χ4n) is 4.23. The molecule has 0 radical (unpaired) electrons. The molecule has 4 nitrogen and oxygen atoms in total. The zero-order valence-corrected chi connectivity index (χ0v) is 13.0. The van der Waals surface area contributed by atoms with Crippen molar-refractivity contribution in [3.05, 3.63) is 29.3 Å². The van der Waals surface area contributed by atoms with Crippen molar-refractivity contribution in [1.82, 2.24) is 9.62 Å². The average molecular weight is 306 g/mol. The second-order valence-electron chi connectivity index (χ2n) is 6.55. The van der Waals surface area contributed by atoms with Crippen molar-refractivity contribution in [1.29, 1.82) is 0 Å². The monoisotopic (exact) mass is 306 g/mol. The van der Waals surface area contributed by atoms with Crippen LogP contribution in [-0.2, 0) is 23.1 Å². The molecule has 0 amide bonds. The molecule has 2 fully saturated rings. The lowest BCUT2D eigenvalue weighted by molar-refractivity contribution is 0.260. The van der Waals surface area contributed by atoms with Crippen LogP contribution in [0.5, 0.6) is 0 Å². The summed E-state index contributed by atoms with van der Waals surface area (Å²) in [5, 5.41) is 3.27. The molecule has 2 aliphatic heterocycles. The minimum atomic E-state index is -3.33. The Morgan fingerprint density at radius 1 is 1.05 bits per heavy atom. The fourth-order valence-corrected chi connectivity index (χ4v) is 6.01. The van der Waals surface area contributed by atoms with Crippen LogP contribution < -0.4 is 5.32 Å². The van der Waals surface area contributed by atoms with E-state index in [9.17, 15) is 8.42 Å². The Kier molecular flexibility index (Phi) is 3.32. The van der Waals surface area contributed by atoms with E-state index < -0.39 is 10.0 Å². The normalized spacial score (nSPS) is 29.3. The van der Waals surface area contributed by atoms with E-state index in [0.717, 1.165) is 31.5 Å². The number of nitrogens with one attached hydrogen (secondary N) is 1. The van der Waals surface area contributed by atoms with Crippen molar-refractivity contribution in [3.8, 4) is 0 Å². The molecule has 21 heavy (non-hydrogen) atoms. The van der Waals surface area contributed by atoms with Gasteiger partial charge in [0.05, 0.1) is 4.90 Å². The molecule has 5 heteroatoms. The Morgan fingerprint density at radius 2 is 1.86 bits per heavy atom. The summed E-state index contributed by atoms with van der Waals surface area (Å²) in [6.45, 7) is 2.34. The molecule has 114 valence electrons. The molecular weight excluding hydrogens is 284 g/mol. The average Bonchev–Trinajstić information content (AvgIpc) is 3.13. The molecule has 2 atom stereocenters. The molecule has 1 N–H and O–H groups in total. The summed E-state index contributed by atoms with van der Waals surface area (Å²) in [7, 11) is -3.33. The summed E-state index contributed by atoms with van der Waals surface area (Å²) < 4.78 is 27.8. The van der Waals surface area contributed by atoms with Crippen molar-refractivity contribution in [2.24, 2.45) is 5.92 Å². The maximum absolute atomic E-state index is 13.0. The van der Waals surface area contributed by atoms with Gasteiger partial charge >= 0.3 is 0 Å². The topological polar surface area (TPSA) is 49.4 Å². The Labute approximate surface area is 126 Å². The first kappa shape index (κ1) is 13.7. The van der Waals surface area contributed by atoms with Crippen LogP contribution in [0.1, 0.15) is 43.2 Å². The molecular formula is C16H22N2O2S. The third-order valence-corrected chi connectivity index (χ3v) is 7.29. The number of sulfonamides is 1. The second kappa shape index (κ2) is 5.07. The highest BCUT2D eigenvalue weighted by Gasteiger charge is 2.42. The van der Waals surface area contributed by atoms with Crippen LogP contribution in [0.2, 0.25) is 0 Å². The lowest BCUT2D eigenvalue weighted by Crippen LogP contribution is -2.39. The third kappa shape index (κ3) is 2.22. The van der Waals surface area contributed by atoms with Gasteiger partial charge in [-0.15, -0.1) is 0 Å². The van der Waals surface area contributed by atoms with Crippen molar-refractivity contribution in [2.75, 3.05) is 6.54 Å². The lowest BCUT2D eigenvalue weighted by atomic mass is 9.86. The van der Waals surface area contributed by atoms with Crippen LogP contribution in [-0.4, -0.2) is 25.3 Å². The molecule has 2 unspecified atom stereocenters. The number of nitrogens with zero attached hydrogens (tertiary/aromatic N) is 1. The number of rotatable bonds is 2. The molecule has 1 saturated carbocycles. The smallest absolute Gasteiger partial charge is 0.243 e. The van der Waals surface area contributed by atoms with Crippen LogP contribution in [0, 0.1) is 5.92 Å². The molecule has 1 aromatic rings. The third-order valence-electron chi connectivity index (χ3n) is 5.37. The summed E-state index contributed by atoms with van der Waals surface area (Å²) in [4.78, 5) is 0.483. The molecule has 0 aromatic heterocycles. The van der Waals surface area contributed by atoms with Gasteiger partial charge in [-0.05, 0) is 48.4 Å². The molecule has 0 spiro atoms. The number of benzene rings is 1. The summed E-state index contributed by atoms with van der Waals surface area (Å²) in [5.74, 6) is 0.588. The molecule has 1 aliphatic carbocycles. The van der Waals surface area contributed by atoms with Gasteiger partial charge in [-0.1, -0.05) is 18.9 Å². The van der Waals surface area contributed by atoms with Crippen LogP contribution >= 0.6 is 0 Å². The molecule has 3 aliphatic rings. The highest BCUT2D eigenvalue weighted by molar-refractivity contribution is 7.89. The molecule has 0 bridgehead atoms. The van der Waals surface area contributed by atoms with E-state index in [2.05, 4.69) is 5.32 Å². The van der Waals surface area contributed by atoms with Gasteiger partial charge in [0, 0.05) is 25.7 Å². The Balaban J connectivity index is 1.67. The quantitative estimate of drug-likeness (QED) is 0.911. The van der Waals surface area contributed by atoms with Gasteiger partial charge in [0.1, 0.15) is 0 Å². The Morgan fingerprint density at radius 3 is 2.76 bits per heavy atom. The summed E-state index contributed by atoms with van der Waals surface area (Å²) in [6, 6.07) is 5.88. The van der Waals surface area contributed by atoms with Crippen LogP contribution in [0.15, 0.2) is 23.1 Å². The first-order chi connectivity index (χ1) is 10.2. The van der Waals surface area contributed by atoms with Gasteiger partial charge in [0.15, 0.2) is 0 Å². The summed E-state index contributed by atoms with van der Waals surface area (Å²) >= 11 is 0. The fraction of sp³-hybridized carbons (Fsp3) is 0.625. The van der Waals surface area contributed by atoms with E-state index >= 15 is 0 Å². The minimum absolute atomic E-state index is 0.245. The van der Waals surface area contributed by atoms with E-state index in [-0.39, 0.29) is 6.04 Å². The number of hydrogen-bond acceptors (Lipinski definition) is 3. The molecule has 4 rings (SSSR count). The van der Waals surface area contributed by atoms with Gasteiger partial charge in [0.25, 0.3) is 0 Å². The lowest BCUT2D eigenvalue weighted by Gasteiger charge is -2.31. The standard InChI is InChI=1S/C16H22N2O2S/c19-21(20,15-6-5-13-10-17-11-14(13)9-15)18-8-7-12-3-1-2-4-16(12)18/h5-6,9,12,16-17H,1-4,7-8,10-11H2. The van der Waals surface area contributed by atoms with E-state index in [1.54, 1.807) is 10.4 Å². The van der Waals surface area contributed by atoms with E-state index in [1.807, 2.05) is 12.1 Å². The summed E-state index contributed by atoms with van der Waals surface area (Å²) in [5.41, 5.74) is 2.36. The van der Waals surface area contributed by atoms with Crippen molar-refractivity contribution >= 4 is 10.0 Å². The maximum atomic E-state index is 13.0. The minimum Gasteiger partial charge on any atom is -0.309 e. The van der Waals surface area contributed by atoms with E-state index in [1.165, 1.54) is 24.8 Å². The van der Waals surface area contributed by atoms with Gasteiger partial charge in [0.2, 0.25) is 10.0 Å². The van der Waals surface area contributed by atoms with Gasteiger partial charge in [-0.2, -0.15) is 4.31 Å². The SMILES string of the molecule is O=S(=O)(c1ccc2c(c1)CNC2)N1CCC2CCCCC21. The second-order valence-corrected chi connectivity index (χ2v) is 8.44. The first-order valence-electron chi connectivity index (χ1n) is 8.00. The van der Waals surface area contributed by atoms with Crippen molar-refractivity contribution < 1.29 is 8.42 Å². The first-order valence-corrected chi connectivity index (χ1v) is 9.44. The zero-order chi connectivity index (χ0) is 14.4. The van der Waals surface area contributed by atoms with E-state index in [4.69, 9.17) is 0 Å². The maximum Gasteiger partial charge on any atom is 0.243 e. The Bertz CT molecular complexity index is 656. The number of hydrogen-bond donors (Lipinski definition) is 1. The molecule has 2 heterocycles. The van der Waals surface area contributed by atoms with Crippen molar-refractivity contribution in [3.63, 3.8) is 0 Å². The van der Waals surface area contributed by atoms with Gasteiger partial charge < -0.3 is 5.32 Å². The highest BCUT2D eigenvalue weighted by Crippen LogP contribution is 2.39. The number of fused-ring (bicyclic) bond motifs is 2.